The van der Waals surface area contributed by atoms with Gasteiger partial charge in [-0.3, -0.25) is 4.79 Å². The minimum atomic E-state index is 0.0717. The van der Waals surface area contributed by atoms with Gasteiger partial charge in [0.1, 0.15) is 0 Å². The molecule has 0 saturated carbocycles. The quantitative estimate of drug-likeness (QED) is 0.725. The summed E-state index contributed by atoms with van der Waals surface area (Å²) < 4.78 is 0. The van der Waals surface area contributed by atoms with Crippen LogP contribution in [0.25, 0.3) is 11.3 Å². The highest BCUT2D eigenvalue weighted by Gasteiger charge is 2.02. The molecule has 0 radical (unpaired) electrons. The maximum atomic E-state index is 10.5. The summed E-state index contributed by atoms with van der Waals surface area (Å²) in [5.74, 6) is 0.0717. The van der Waals surface area contributed by atoms with Crippen LogP contribution in [0.5, 0.6) is 0 Å². The molecule has 2 aromatic rings. The average Bonchev–Trinajstić information content (AvgIpc) is 2.30. The third kappa shape index (κ3) is 2.16. The number of hydrogen-bond acceptors (Lipinski definition) is 4. The van der Waals surface area contributed by atoms with Crippen molar-refractivity contribution in [1.29, 1.82) is 0 Å². The summed E-state index contributed by atoms with van der Waals surface area (Å²) in [6.07, 6.45) is 2.06. The van der Waals surface area contributed by atoms with E-state index in [-0.39, 0.29) is 5.82 Å². The molecule has 74 valence electrons. The second kappa shape index (κ2) is 4.14. The van der Waals surface area contributed by atoms with Gasteiger partial charge in [-0.2, -0.15) is 5.10 Å². The fourth-order valence-corrected chi connectivity index (χ4v) is 1.25. The highest BCUT2D eigenvalue weighted by molar-refractivity contribution is 6.30. The maximum Gasteiger partial charge on any atom is 0.215 e. The van der Waals surface area contributed by atoms with E-state index in [2.05, 4.69) is 15.2 Å². The first kappa shape index (κ1) is 9.73. The van der Waals surface area contributed by atoms with Gasteiger partial charge in [0, 0.05) is 10.6 Å². The van der Waals surface area contributed by atoms with Gasteiger partial charge in [0.15, 0.2) is 6.29 Å². The number of benzene rings is 1. The van der Waals surface area contributed by atoms with Crippen LogP contribution in [-0.4, -0.2) is 21.5 Å². The molecule has 15 heavy (non-hydrogen) atoms. The van der Waals surface area contributed by atoms with Crippen LogP contribution < -0.4 is 0 Å². The molecule has 0 amide bonds. The van der Waals surface area contributed by atoms with Gasteiger partial charge >= 0.3 is 0 Å². The molecule has 0 spiro atoms. The zero-order chi connectivity index (χ0) is 10.7. The van der Waals surface area contributed by atoms with Crippen molar-refractivity contribution in [1.82, 2.24) is 15.2 Å². The zero-order valence-electron chi connectivity index (χ0n) is 7.59. The number of nitrogens with zero attached hydrogens (tertiary/aromatic N) is 3. The molecule has 1 aromatic carbocycles. The molecule has 0 aliphatic heterocycles. The van der Waals surface area contributed by atoms with Crippen molar-refractivity contribution in [2.75, 3.05) is 0 Å². The molecule has 0 N–H and O–H groups in total. The molecule has 0 aliphatic rings. The molecular formula is C10H6ClN3O. The maximum absolute atomic E-state index is 10.5. The van der Waals surface area contributed by atoms with Crippen molar-refractivity contribution < 1.29 is 4.79 Å². The summed E-state index contributed by atoms with van der Waals surface area (Å²) in [5, 5.41) is 7.87. The first-order valence-corrected chi connectivity index (χ1v) is 4.58. The van der Waals surface area contributed by atoms with E-state index < -0.39 is 0 Å². The van der Waals surface area contributed by atoms with Gasteiger partial charge in [0.05, 0.1) is 11.9 Å². The Morgan fingerprint density at radius 3 is 2.60 bits per heavy atom. The van der Waals surface area contributed by atoms with E-state index in [4.69, 9.17) is 11.6 Å². The van der Waals surface area contributed by atoms with Crippen molar-refractivity contribution in [3.05, 3.63) is 41.3 Å². The Hall–Kier alpha value is -1.81. The lowest BCUT2D eigenvalue weighted by Crippen LogP contribution is -1.96. The standard InChI is InChI=1S/C10H6ClN3O/c11-8-3-1-7(2-4-8)9-5-12-14-10(6-15)13-9/h1-6H. The monoisotopic (exact) mass is 219 g/mol. The second-order valence-corrected chi connectivity index (χ2v) is 3.26. The van der Waals surface area contributed by atoms with Crippen LogP contribution in [0.2, 0.25) is 5.02 Å². The molecule has 0 bridgehead atoms. The number of halogens is 1. The van der Waals surface area contributed by atoms with Gasteiger partial charge in [-0.25, -0.2) is 4.98 Å². The van der Waals surface area contributed by atoms with E-state index in [1.54, 1.807) is 24.3 Å². The van der Waals surface area contributed by atoms with Crippen molar-refractivity contribution in [2.45, 2.75) is 0 Å². The number of carbonyl (C=O) groups is 1. The third-order valence-corrected chi connectivity index (χ3v) is 2.07. The number of aromatic nitrogens is 3. The Balaban J connectivity index is 2.44. The van der Waals surface area contributed by atoms with Crippen LogP contribution in [0.1, 0.15) is 10.6 Å². The summed E-state index contributed by atoms with van der Waals surface area (Å²) in [5.41, 5.74) is 1.45. The second-order valence-electron chi connectivity index (χ2n) is 2.82. The Kier molecular flexibility index (Phi) is 2.69. The zero-order valence-corrected chi connectivity index (χ0v) is 8.35. The molecular weight excluding hydrogens is 214 g/mol. The minimum absolute atomic E-state index is 0.0717. The summed E-state index contributed by atoms with van der Waals surface area (Å²) in [6.45, 7) is 0. The predicted molar refractivity (Wildman–Crippen MR) is 55.7 cm³/mol. The lowest BCUT2D eigenvalue weighted by molar-refractivity contribution is 0.111. The Morgan fingerprint density at radius 1 is 1.20 bits per heavy atom. The SMILES string of the molecule is O=Cc1nncc(-c2ccc(Cl)cc2)n1. The van der Waals surface area contributed by atoms with E-state index in [0.717, 1.165) is 5.56 Å². The molecule has 1 heterocycles. The topological polar surface area (TPSA) is 55.7 Å². The molecule has 0 fully saturated rings. The molecule has 2 rings (SSSR count). The van der Waals surface area contributed by atoms with Crippen LogP contribution in [0.3, 0.4) is 0 Å². The van der Waals surface area contributed by atoms with Gasteiger partial charge < -0.3 is 0 Å². The molecule has 1 aromatic heterocycles. The van der Waals surface area contributed by atoms with Crippen molar-refractivity contribution in [2.24, 2.45) is 0 Å². The van der Waals surface area contributed by atoms with E-state index in [1.807, 2.05) is 0 Å². The fourth-order valence-electron chi connectivity index (χ4n) is 1.13. The molecule has 5 heteroatoms. The molecule has 0 atom stereocenters. The van der Waals surface area contributed by atoms with Gasteiger partial charge in [0.25, 0.3) is 0 Å². The van der Waals surface area contributed by atoms with Crippen molar-refractivity contribution >= 4 is 17.9 Å². The van der Waals surface area contributed by atoms with Crippen LogP contribution in [0, 0.1) is 0 Å². The smallest absolute Gasteiger partial charge is 0.215 e. The van der Waals surface area contributed by atoms with E-state index >= 15 is 0 Å². The minimum Gasteiger partial charge on any atom is -0.294 e. The van der Waals surface area contributed by atoms with Gasteiger partial charge in [-0.15, -0.1) is 5.10 Å². The molecule has 4 nitrogen and oxygen atoms in total. The van der Waals surface area contributed by atoms with E-state index in [9.17, 15) is 4.79 Å². The highest BCUT2D eigenvalue weighted by atomic mass is 35.5. The Morgan fingerprint density at radius 2 is 1.93 bits per heavy atom. The number of rotatable bonds is 2. The lowest BCUT2D eigenvalue weighted by atomic mass is 10.2. The van der Waals surface area contributed by atoms with Gasteiger partial charge in [0.2, 0.25) is 5.82 Å². The fraction of sp³-hybridized carbons (Fsp3) is 0. The first-order chi connectivity index (χ1) is 7.29. The van der Waals surface area contributed by atoms with Gasteiger partial charge in [-0.1, -0.05) is 23.7 Å². The Bertz CT molecular complexity index is 484. The van der Waals surface area contributed by atoms with Crippen molar-refractivity contribution in [3.63, 3.8) is 0 Å². The summed E-state index contributed by atoms with van der Waals surface area (Å²) in [7, 11) is 0. The van der Waals surface area contributed by atoms with Crippen LogP contribution in [0.15, 0.2) is 30.5 Å². The van der Waals surface area contributed by atoms with E-state index in [0.29, 0.717) is 17.0 Å². The summed E-state index contributed by atoms with van der Waals surface area (Å²) in [6, 6.07) is 7.11. The van der Waals surface area contributed by atoms with Gasteiger partial charge in [-0.05, 0) is 12.1 Å². The largest absolute Gasteiger partial charge is 0.294 e. The van der Waals surface area contributed by atoms with Crippen LogP contribution in [0.4, 0.5) is 0 Å². The number of hydrogen-bond donors (Lipinski definition) is 0. The predicted octanol–water partition coefficient (Wildman–Crippen LogP) is 2.00. The molecule has 0 saturated heterocycles. The normalized spacial score (nSPS) is 9.93. The highest BCUT2D eigenvalue weighted by Crippen LogP contribution is 2.18. The van der Waals surface area contributed by atoms with Crippen LogP contribution >= 0.6 is 11.6 Å². The molecule has 0 unspecified atom stereocenters. The average molecular weight is 220 g/mol. The number of carbonyl (C=O) groups excluding carboxylic acids is 1. The summed E-state index contributed by atoms with van der Waals surface area (Å²) >= 11 is 5.75. The van der Waals surface area contributed by atoms with Crippen molar-refractivity contribution in [3.8, 4) is 11.3 Å². The van der Waals surface area contributed by atoms with Crippen LogP contribution in [-0.2, 0) is 0 Å². The lowest BCUT2D eigenvalue weighted by Gasteiger charge is -1.99. The van der Waals surface area contributed by atoms with E-state index in [1.165, 1.54) is 6.20 Å². The first-order valence-electron chi connectivity index (χ1n) is 4.20. The Labute approximate surface area is 90.9 Å². The summed E-state index contributed by atoms with van der Waals surface area (Å²) in [4.78, 5) is 14.5. The number of aldehydes is 1. The molecule has 0 aliphatic carbocycles. The third-order valence-electron chi connectivity index (χ3n) is 1.82.